The molecule has 2 fully saturated rings. The number of ether oxygens (including phenoxy) is 2. The van der Waals surface area contributed by atoms with E-state index in [2.05, 4.69) is 6.92 Å². The molecule has 1 unspecified atom stereocenters. The molecule has 0 radical (unpaired) electrons. The first-order valence-electron chi connectivity index (χ1n) is 11.7. The fraction of sp³-hybridized carbons (Fsp3) is 0.423. The lowest BCUT2D eigenvalue weighted by atomic mass is 10.1. The van der Waals surface area contributed by atoms with Crippen molar-refractivity contribution in [3.8, 4) is 5.75 Å². The highest BCUT2D eigenvalue weighted by atomic mass is 32.2. The SMILES string of the molecule is COc1ccc(CN(C(=O)/C=C/c2ccc(S(=O)(=O)N3CCOCC3)cc2)C(C)C2CC2)cc1. The molecule has 1 heterocycles. The van der Waals surface area contributed by atoms with Crippen LogP contribution in [0.3, 0.4) is 0 Å². The van der Waals surface area contributed by atoms with Gasteiger partial charge in [0.25, 0.3) is 0 Å². The number of carbonyl (C=O) groups excluding carboxylic acids is 1. The number of carbonyl (C=O) groups is 1. The summed E-state index contributed by atoms with van der Waals surface area (Å²) >= 11 is 0. The van der Waals surface area contributed by atoms with Gasteiger partial charge >= 0.3 is 0 Å². The van der Waals surface area contributed by atoms with Gasteiger partial charge in [-0.15, -0.1) is 0 Å². The molecule has 2 aromatic carbocycles. The molecule has 0 aromatic heterocycles. The van der Waals surface area contributed by atoms with Gasteiger partial charge in [0.2, 0.25) is 15.9 Å². The van der Waals surface area contributed by atoms with E-state index in [0.717, 1.165) is 29.7 Å². The molecule has 0 bridgehead atoms. The fourth-order valence-electron chi connectivity index (χ4n) is 4.13. The van der Waals surface area contributed by atoms with E-state index in [1.807, 2.05) is 29.2 Å². The van der Waals surface area contributed by atoms with Crippen molar-refractivity contribution in [2.75, 3.05) is 33.4 Å². The Morgan fingerprint density at radius 3 is 2.35 bits per heavy atom. The van der Waals surface area contributed by atoms with Crippen molar-refractivity contribution in [1.29, 1.82) is 0 Å². The van der Waals surface area contributed by atoms with Crippen LogP contribution < -0.4 is 4.74 Å². The van der Waals surface area contributed by atoms with Gasteiger partial charge in [0.05, 0.1) is 25.2 Å². The Labute approximate surface area is 202 Å². The topological polar surface area (TPSA) is 76.2 Å². The Hall–Kier alpha value is -2.68. The van der Waals surface area contributed by atoms with Gasteiger partial charge in [0.15, 0.2) is 0 Å². The van der Waals surface area contributed by atoms with Crippen LogP contribution in [0.1, 0.15) is 30.9 Å². The Morgan fingerprint density at radius 1 is 1.12 bits per heavy atom. The molecule has 4 rings (SSSR count). The molecule has 182 valence electrons. The van der Waals surface area contributed by atoms with Crippen molar-refractivity contribution in [2.45, 2.75) is 37.2 Å². The van der Waals surface area contributed by atoms with Crippen molar-refractivity contribution >= 4 is 22.0 Å². The van der Waals surface area contributed by atoms with Crippen molar-refractivity contribution < 1.29 is 22.7 Å². The van der Waals surface area contributed by atoms with E-state index in [1.165, 1.54) is 4.31 Å². The number of rotatable bonds is 9. The molecule has 1 saturated carbocycles. The quantitative estimate of drug-likeness (QED) is 0.509. The van der Waals surface area contributed by atoms with E-state index in [-0.39, 0.29) is 16.8 Å². The lowest BCUT2D eigenvalue weighted by molar-refractivity contribution is -0.129. The minimum Gasteiger partial charge on any atom is -0.497 e. The van der Waals surface area contributed by atoms with Crippen LogP contribution in [0.5, 0.6) is 5.75 Å². The molecule has 2 aliphatic rings. The summed E-state index contributed by atoms with van der Waals surface area (Å²) in [6.45, 7) is 4.19. The molecular formula is C26H32N2O5S. The van der Waals surface area contributed by atoms with Crippen molar-refractivity contribution in [3.63, 3.8) is 0 Å². The van der Waals surface area contributed by atoms with Crippen molar-refractivity contribution in [2.24, 2.45) is 5.92 Å². The number of sulfonamides is 1. The second kappa shape index (κ2) is 10.7. The Kier molecular flexibility index (Phi) is 7.70. The van der Waals surface area contributed by atoms with Crippen LogP contribution in [-0.4, -0.2) is 63.0 Å². The average molecular weight is 485 g/mol. The molecule has 1 atom stereocenters. The van der Waals surface area contributed by atoms with E-state index in [1.54, 1.807) is 43.5 Å². The number of hydrogen-bond donors (Lipinski definition) is 0. The van der Waals surface area contributed by atoms with Gasteiger partial charge in [0, 0.05) is 31.8 Å². The predicted octanol–water partition coefficient (Wildman–Crippen LogP) is 3.56. The van der Waals surface area contributed by atoms with Crippen LogP contribution in [0.2, 0.25) is 0 Å². The highest BCUT2D eigenvalue weighted by Crippen LogP contribution is 2.36. The number of methoxy groups -OCH3 is 1. The minimum atomic E-state index is -3.53. The number of nitrogens with zero attached hydrogens (tertiary/aromatic N) is 2. The lowest BCUT2D eigenvalue weighted by Gasteiger charge is -2.28. The predicted molar refractivity (Wildman–Crippen MR) is 131 cm³/mol. The smallest absolute Gasteiger partial charge is 0.247 e. The summed E-state index contributed by atoms with van der Waals surface area (Å²) in [4.78, 5) is 15.3. The summed E-state index contributed by atoms with van der Waals surface area (Å²) in [6.07, 6.45) is 5.62. The molecule has 1 aliphatic carbocycles. The fourth-order valence-corrected chi connectivity index (χ4v) is 5.54. The summed E-state index contributed by atoms with van der Waals surface area (Å²) in [7, 11) is -1.90. The Balaban J connectivity index is 1.45. The maximum atomic E-state index is 13.2. The highest BCUT2D eigenvalue weighted by Gasteiger charge is 2.33. The molecule has 1 saturated heterocycles. The molecular weight excluding hydrogens is 452 g/mol. The molecule has 0 spiro atoms. The van der Waals surface area contributed by atoms with E-state index in [0.29, 0.717) is 38.8 Å². The number of benzene rings is 2. The van der Waals surface area contributed by atoms with Crippen LogP contribution in [0, 0.1) is 5.92 Å². The first-order valence-corrected chi connectivity index (χ1v) is 13.1. The highest BCUT2D eigenvalue weighted by molar-refractivity contribution is 7.89. The maximum absolute atomic E-state index is 13.2. The summed E-state index contributed by atoms with van der Waals surface area (Å²) < 4.78 is 37.5. The monoisotopic (exact) mass is 484 g/mol. The number of hydrogen-bond acceptors (Lipinski definition) is 5. The van der Waals surface area contributed by atoms with Gasteiger partial charge in [-0.2, -0.15) is 4.31 Å². The van der Waals surface area contributed by atoms with Crippen LogP contribution in [0.15, 0.2) is 59.5 Å². The van der Waals surface area contributed by atoms with E-state index >= 15 is 0 Å². The van der Waals surface area contributed by atoms with Crippen molar-refractivity contribution in [1.82, 2.24) is 9.21 Å². The van der Waals surface area contributed by atoms with Crippen LogP contribution in [-0.2, 0) is 26.1 Å². The third-order valence-corrected chi connectivity index (χ3v) is 8.41. The molecule has 0 N–H and O–H groups in total. The van der Waals surface area contributed by atoms with Gasteiger partial charge in [-0.1, -0.05) is 24.3 Å². The molecule has 7 nitrogen and oxygen atoms in total. The standard InChI is InChI=1S/C26H32N2O5S/c1-20(23-8-9-23)28(19-22-3-10-24(32-2)11-4-22)26(29)14-7-21-5-12-25(13-6-21)34(30,31)27-15-17-33-18-16-27/h3-7,10-14,20,23H,8-9,15-19H2,1-2H3/b14-7+. The van der Waals surface area contributed by atoms with Gasteiger partial charge in [-0.3, -0.25) is 4.79 Å². The van der Waals surface area contributed by atoms with Crippen molar-refractivity contribution in [3.05, 3.63) is 65.7 Å². The summed E-state index contributed by atoms with van der Waals surface area (Å²) in [5.41, 5.74) is 1.82. The van der Waals surface area contributed by atoms with Crippen LogP contribution >= 0.6 is 0 Å². The normalized spacial score (nSPS) is 18.1. The molecule has 1 amide bonds. The van der Waals surface area contributed by atoms with Gasteiger partial charge < -0.3 is 14.4 Å². The number of morpholine rings is 1. The molecule has 34 heavy (non-hydrogen) atoms. The Bertz CT molecular complexity index is 1100. The van der Waals surface area contributed by atoms with Crippen LogP contribution in [0.4, 0.5) is 0 Å². The second-order valence-electron chi connectivity index (χ2n) is 8.81. The van der Waals surface area contributed by atoms with Gasteiger partial charge in [-0.25, -0.2) is 8.42 Å². The lowest BCUT2D eigenvalue weighted by Crippen LogP contribution is -2.40. The first kappa shape index (κ1) is 24.4. The summed E-state index contributed by atoms with van der Waals surface area (Å²) in [5.74, 6) is 1.27. The Morgan fingerprint density at radius 2 is 1.76 bits per heavy atom. The summed E-state index contributed by atoms with van der Waals surface area (Å²) in [5, 5.41) is 0. The zero-order valence-corrected chi connectivity index (χ0v) is 20.5. The molecule has 8 heteroatoms. The largest absolute Gasteiger partial charge is 0.497 e. The summed E-state index contributed by atoms with van der Waals surface area (Å²) in [6, 6.07) is 14.6. The zero-order chi connectivity index (χ0) is 24.1. The molecule has 1 aliphatic heterocycles. The third kappa shape index (κ3) is 5.87. The van der Waals surface area contributed by atoms with E-state index in [9.17, 15) is 13.2 Å². The first-order chi connectivity index (χ1) is 16.4. The number of amides is 1. The maximum Gasteiger partial charge on any atom is 0.247 e. The third-order valence-electron chi connectivity index (χ3n) is 6.50. The second-order valence-corrected chi connectivity index (χ2v) is 10.7. The average Bonchev–Trinajstić information content (AvgIpc) is 3.72. The van der Waals surface area contributed by atoms with E-state index < -0.39 is 10.0 Å². The van der Waals surface area contributed by atoms with Gasteiger partial charge in [0.1, 0.15) is 5.75 Å². The van der Waals surface area contributed by atoms with Gasteiger partial charge in [-0.05, 0) is 67.2 Å². The zero-order valence-electron chi connectivity index (χ0n) is 19.7. The minimum absolute atomic E-state index is 0.0553. The van der Waals surface area contributed by atoms with E-state index in [4.69, 9.17) is 9.47 Å². The van der Waals surface area contributed by atoms with Crippen LogP contribution in [0.25, 0.3) is 6.08 Å². The molecule has 2 aromatic rings.